The van der Waals surface area contributed by atoms with Crippen molar-refractivity contribution < 1.29 is 9.59 Å². The summed E-state index contributed by atoms with van der Waals surface area (Å²) in [4.78, 5) is 28.3. The largest absolute Gasteiger partial charge is 0.349 e. The van der Waals surface area contributed by atoms with Gasteiger partial charge in [0.2, 0.25) is 0 Å². The second-order valence-electron chi connectivity index (χ2n) is 7.10. The first-order valence-electron chi connectivity index (χ1n) is 9.60. The molecule has 1 fully saturated rings. The van der Waals surface area contributed by atoms with Crippen molar-refractivity contribution in [2.75, 3.05) is 13.1 Å². The molecule has 1 aromatic heterocycles. The minimum absolute atomic E-state index is 0.0438. The lowest BCUT2D eigenvalue weighted by molar-refractivity contribution is 0.0698. The van der Waals surface area contributed by atoms with Gasteiger partial charge in [0.05, 0.1) is 0 Å². The molecule has 0 atom stereocenters. The lowest BCUT2D eigenvalue weighted by atomic mass is 10.0. The summed E-state index contributed by atoms with van der Waals surface area (Å²) in [6, 6.07) is 18.9. The molecule has 148 valence electrons. The normalized spacial score (nSPS) is 14.6. The number of nitrogens with one attached hydrogen (secondary N) is 1. The highest BCUT2D eigenvalue weighted by molar-refractivity contribution is 7.13. The van der Waals surface area contributed by atoms with E-state index in [0.29, 0.717) is 29.2 Å². The summed E-state index contributed by atoms with van der Waals surface area (Å²) < 4.78 is 0. The second kappa shape index (κ2) is 8.80. The Bertz CT molecular complexity index is 994. The first kappa shape index (κ1) is 19.7. The van der Waals surface area contributed by atoms with E-state index in [1.165, 1.54) is 4.88 Å². The van der Waals surface area contributed by atoms with Crippen molar-refractivity contribution >= 4 is 34.8 Å². The molecular weight excluding hydrogens is 404 g/mol. The number of thiophene rings is 1. The van der Waals surface area contributed by atoms with Crippen LogP contribution in [-0.2, 0) is 0 Å². The third kappa shape index (κ3) is 4.69. The van der Waals surface area contributed by atoms with E-state index in [9.17, 15) is 9.59 Å². The summed E-state index contributed by atoms with van der Waals surface area (Å²) >= 11 is 7.64. The number of amides is 2. The number of likely N-dealkylation sites (tertiary alicyclic amines) is 1. The highest BCUT2D eigenvalue weighted by atomic mass is 35.5. The van der Waals surface area contributed by atoms with E-state index in [1.807, 2.05) is 40.6 Å². The van der Waals surface area contributed by atoms with Gasteiger partial charge < -0.3 is 10.2 Å². The molecule has 2 heterocycles. The molecule has 2 aromatic carbocycles. The summed E-state index contributed by atoms with van der Waals surface area (Å²) in [6.07, 6.45) is 1.48. The number of nitrogens with zero attached hydrogens (tertiary/aromatic N) is 1. The van der Waals surface area contributed by atoms with Crippen LogP contribution in [0.25, 0.3) is 10.4 Å². The molecule has 0 aliphatic carbocycles. The van der Waals surface area contributed by atoms with Crippen LogP contribution in [0.1, 0.15) is 33.6 Å². The topological polar surface area (TPSA) is 49.4 Å². The zero-order chi connectivity index (χ0) is 20.2. The number of hydrogen-bond donors (Lipinski definition) is 1. The van der Waals surface area contributed by atoms with Crippen LogP contribution < -0.4 is 5.32 Å². The van der Waals surface area contributed by atoms with Crippen LogP contribution >= 0.6 is 22.9 Å². The monoisotopic (exact) mass is 424 g/mol. The number of carbonyl (C=O) groups is 2. The third-order valence-corrected chi connectivity index (χ3v) is 6.30. The minimum atomic E-state index is -0.124. The lowest BCUT2D eigenvalue weighted by Gasteiger charge is -2.32. The van der Waals surface area contributed by atoms with Crippen molar-refractivity contribution in [2.45, 2.75) is 18.9 Å². The van der Waals surface area contributed by atoms with Crippen LogP contribution in [0.3, 0.4) is 0 Å². The summed E-state index contributed by atoms with van der Waals surface area (Å²) in [5, 5.41) is 5.64. The maximum Gasteiger partial charge on any atom is 0.253 e. The van der Waals surface area contributed by atoms with Gasteiger partial charge in [-0.3, -0.25) is 9.59 Å². The number of hydrogen-bond acceptors (Lipinski definition) is 3. The fourth-order valence-corrected chi connectivity index (χ4v) is 4.45. The van der Waals surface area contributed by atoms with Gasteiger partial charge in [-0.25, -0.2) is 0 Å². The molecule has 1 saturated heterocycles. The van der Waals surface area contributed by atoms with Crippen molar-refractivity contribution in [3.8, 4) is 10.4 Å². The number of benzene rings is 2. The van der Waals surface area contributed by atoms with Gasteiger partial charge in [0.1, 0.15) is 0 Å². The molecule has 3 aromatic rings. The first-order valence-corrected chi connectivity index (χ1v) is 10.9. The SMILES string of the molecule is O=C(NC1CCN(C(=O)c2ccc(-c3cccs3)cc2)CC1)c1cccc(Cl)c1. The molecule has 0 spiro atoms. The van der Waals surface area contributed by atoms with Crippen molar-refractivity contribution in [1.82, 2.24) is 10.2 Å². The standard InChI is InChI=1S/C23H21ClN2O2S/c24-19-4-1-3-18(15-19)22(27)25-20-10-12-26(13-11-20)23(28)17-8-6-16(7-9-17)21-5-2-14-29-21/h1-9,14-15,20H,10-13H2,(H,25,27). The quantitative estimate of drug-likeness (QED) is 0.633. The molecule has 1 N–H and O–H groups in total. The van der Waals surface area contributed by atoms with Gasteiger partial charge in [-0.05, 0) is 60.2 Å². The summed E-state index contributed by atoms with van der Waals surface area (Å²) in [5.41, 5.74) is 2.38. The molecule has 4 rings (SSSR count). The van der Waals surface area contributed by atoms with Gasteiger partial charge in [-0.1, -0.05) is 35.9 Å². The Morgan fingerprint density at radius 2 is 1.72 bits per heavy atom. The van der Waals surface area contributed by atoms with Gasteiger partial charge in [0.15, 0.2) is 0 Å². The Morgan fingerprint density at radius 1 is 0.966 bits per heavy atom. The smallest absolute Gasteiger partial charge is 0.253 e. The predicted octanol–water partition coefficient (Wildman–Crippen LogP) is 5.10. The Kier molecular flexibility index (Phi) is 5.97. The van der Waals surface area contributed by atoms with E-state index in [2.05, 4.69) is 11.4 Å². The molecular formula is C23H21ClN2O2S. The molecule has 0 unspecified atom stereocenters. The van der Waals surface area contributed by atoms with Gasteiger partial charge >= 0.3 is 0 Å². The third-order valence-electron chi connectivity index (χ3n) is 5.14. The second-order valence-corrected chi connectivity index (χ2v) is 8.49. The van der Waals surface area contributed by atoms with E-state index < -0.39 is 0 Å². The molecule has 29 heavy (non-hydrogen) atoms. The van der Waals surface area contributed by atoms with E-state index in [4.69, 9.17) is 11.6 Å². The fraction of sp³-hybridized carbons (Fsp3) is 0.217. The Balaban J connectivity index is 1.32. The van der Waals surface area contributed by atoms with Gasteiger partial charge in [-0.15, -0.1) is 11.3 Å². The predicted molar refractivity (Wildman–Crippen MR) is 118 cm³/mol. The van der Waals surface area contributed by atoms with Gasteiger partial charge in [-0.2, -0.15) is 0 Å². The average Bonchev–Trinajstić information content (AvgIpc) is 3.29. The summed E-state index contributed by atoms with van der Waals surface area (Å²) in [6.45, 7) is 1.26. The van der Waals surface area contributed by atoms with Gasteiger partial charge in [0, 0.05) is 40.2 Å². The van der Waals surface area contributed by atoms with E-state index in [-0.39, 0.29) is 17.9 Å². The van der Waals surface area contributed by atoms with E-state index in [0.717, 1.165) is 18.4 Å². The summed E-state index contributed by atoms with van der Waals surface area (Å²) in [7, 11) is 0. The lowest BCUT2D eigenvalue weighted by Crippen LogP contribution is -2.46. The summed E-state index contributed by atoms with van der Waals surface area (Å²) in [5.74, 6) is -0.0798. The zero-order valence-electron chi connectivity index (χ0n) is 15.8. The highest BCUT2D eigenvalue weighted by Gasteiger charge is 2.25. The Morgan fingerprint density at radius 3 is 2.38 bits per heavy atom. The van der Waals surface area contributed by atoms with Crippen LogP contribution in [-0.4, -0.2) is 35.8 Å². The Hall–Kier alpha value is -2.63. The maximum absolute atomic E-state index is 12.8. The van der Waals surface area contributed by atoms with Crippen LogP contribution in [0.5, 0.6) is 0 Å². The molecule has 1 aliphatic heterocycles. The van der Waals surface area contributed by atoms with Crippen molar-refractivity contribution in [3.05, 3.63) is 82.2 Å². The van der Waals surface area contributed by atoms with Crippen LogP contribution in [0.2, 0.25) is 5.02 Å². The van der Waals surface area contributed by atoms with E-state index in [1.54, 1.807) is 35.6 Å². The highest BCUT2D eigenvalue weighted by Crippen LogP contribution is 2.25. The van der Waals surface area contributed by atoms with Crippen LogP contribution in [0.15, 0.2) is 66.0 Å². The van der Waals surface area contributed by atoms with Crippen LogP contribution in [0, 0.1) is 0 Å². The first-order chi connectivity index (χ1) is 14.1. The maximum atomic E-state index is 12.8. The van der Waals surface area contributed by atoms with Crippen molar-refractivity contribution in [1.29, 1.82) is 0 Å². The van der Waals surface area contributed by atoms with Crippen molar-refractivity contribution in [2.24, 2.45) is 0 Å². The Labute approximate surface area is 179 Å². The van der Waals surface area contributed by atoms with Gasteiger partial charge in [0.25, 0.3) is 11.8 Å². The molecule has 0 radical (unpaired) electrons. The number of piperidine rings is 1. The van der Waals surface area contributed by atoms with Crippen molar-refractivity contribution in [3.63, 3.8) is 0 Å². The van der Waals surface area contributed by atoms with E-state index >= 15 is 0 Å². The molecule has 0 bridgehead atoms. The number of rotatable bonds is 4. The number of carbonyl (C=O) groups excluding carboxylic acids is 2. The molecule has 1 aliphatic rings. The minimum Gasteiger partial charge on any atom is -0.349 e. The molecule has 0 saturated carbocycles. The average molecular weight is 425 g/mol. The molecule has 4 nitrogen and oxygen atoms in total. The molecule has 2 amide bonds. The fourth-order valence-electron chi connectivity index (χ4n) is 3.53. The number of halogens is 1. The molecule has 6 heteroatoms. The van der Waals surface area contributed by atoms with Crippen LogP contribution in [0.4, 0.5) is 0 Å². The zero-order valence-corrected chi connectivity index (χ0v) is 17.4.